The van der Waals surface area contributed by atoms with Gasteiger partial charge in [-0.25, -0.2) is 0 Å². The van der Waals surface area contributed by atoms with E-state index in [1.807, 2.05) is 0 Å². The summed E-state index contributed by atoms with van der Waals surface area (Å²) < 4.78 is 0. The first kappa shape index (κ1) is 9.01. The molecule has 2 nitrogen and oxygen atoms in total. The second kappa shape index (κ2) is 4.07. The summed E-state index contributed by atoms with van der Waals surface area (Å²) in [7, 11) is 2.10. The zero-order chi connectivity index (χ0) is 8.27. The van der Waals surface area contributed by atoms with Gasteiger partial charge in [0.25, 0.3) is 0 Å². The highest BCUT2D eigenvalue weighted by Gasteiger charge is 2.13. The molecule has 1 heterocycles. The van der Waals surface area contributed by atoms with Crippen molar-refractivity contribution in [2.75, 3.05) is 20.1 Å². The van der Waals surface area contributed by atoms with Crippen LogP contribution in [-0.4, -0.2) is 31.1 Å². The molecule has 66 valence electrons. The van der Waals surface area contributed by atoms with Gasteiger partial charge in [0.05, 0.1) is 0 Å². The Bertz CT molecular complexity index is 102. The fourth-order valence-corrected chi connectivity index (χ4v) is 1.14. The number of nitrogens with two attached hydrogens (primary N) is 1. The first-order chi connectivity index (χ1) is 5.18. The molecule has 2 rings (SSSR count). The first-order valence-corrected chi connectivity index (χ1v) is 4.62. The highest BCUT2D eigenvalue weighted by atomic mass is 15.1. The summed E-state index contributed by atoms with van der Waals surface area (Å²) >= 11 is 0. The third-order valence-corrected chi connectivity index (χ3v) is 2.29. The molecule has 0 aromatic heterocycles. The van der Waals surface area contributed by atoms with Crippen LogP contribution in [0.15, 0.2) is 0 Å². The van der Waals surface area contributed by atoms with E-state index in [2.05, 4.69) is 18.9 Å². The van der Waals surface area contributed by atoms with Crippen LogP contribution in [0, 0.1) is 5.92 Å². The maximum absolute atomic E-state index is 5.58. The highest BCUT2D eigenvalue weighted by molar-refractivity contribution is 4.74. The van der Waals surface area contributed by atoms with E-state index in [-0.39, 0.29) is 0 Å². The molecular formula is C9H20N2. The maximum atomic E-state index is 5.58. The van der Waals surface area contributed by atoms with E-state index in [0.29, 0.717) is 6.04 Å². The average molecular weight is 156 g/mol. The number of hydrogen-bond donors (Lipinski definition) is 1. The van der Waals surface area contributed by atoms with Gasteiger partial charge in [-0.15, -0.1) is 0 Å². The Morgan fingerprint density at radius 1 is 1.27 bits per heavy atom. The van der Waals surface area contributed by atoms with Gasteiger partial charge in [-0.2, -0.15) is 0 Å². The van der Waals surface area contributed by atoms with Gasteiger partial charge in [0.2, 0.25) is 0 Å². The Labute approximate surface area is 69.8 Å². The lowest BCUT2D eigenvalue weighted by Crippen LogP contribution is -2.23. The van der Waals surface area contributed by atoms with E-state index in [0.717, 1.165) is 12.5 Å². The van der Waals surface area contributed by atoms with Gasteiger partial charge in [0, 0.05) is 12.6 Å². The summed E-state index contributed by atoms with van der Waals surface area (Å²) in [5, 5.41) is 0. The van der Waals surface area contributed by atoms with Crippen LogP contribution in [0.5, 0.6) is 0 Å². The molecule has 1 unspecified atom stereocenters. The van der Waals surface area contributed by atoms with Gasteiger partial charge in [0.15, 0.2) is 0 Å². The predicted molar refractivity (Wildman–Crippen MR) is 48.5 cm³/mol. The molecule has 0 bridgehead atoms. The quantitative estimate of drug-likeness (QED) is 0.568. The summed E-state index contributed by atoms with van der Waals surface area (Å²) in [6.07, 6.45) is 4.15. The van der Waals surface area contributed by atoms with Crippen molar-refractivity contribution in [3.8, 4) is 0 Å². The van der Waals surface area contributed by atoms with E-state index in [1.54, 1.807) is 0 Å². The summed E-state index contributed by atoms with van der Waals surface area (Å²) in [6, 6.07) is 0.449. The van der Waals surface area contributed by atoms with E-state index < -0.39 is 0 Å². The zero-order valence-corrected chi connectivity index (χ0v) is 7.71. The lowest BCUT2D eigenvalue weighted by atomic mass is 10.3. The molecule has 0 spiro atoms. The van der Waals surface area contributed by atoms with Crippen LogP contribution in [0.3, 0.4) is 0 Å². The molecule has 2 N–H and O–H groups in total. The van der Waals surface area contributed by atoms with Gasteiger partial charge in [-0.3, -0.25) is 0 Å². The van der Waals surface area contributed by atoms with Gasteiger partial charge < -0.3 is 10.6 Å². The van der Waals surface area contributed by atoms with E-state index in [4.69, 9.17) is 5.73 Å². The SMILES string of the molecule is CC1CC1.CN1CCC(N)C1. The van der Waals surface area contributed by atoms with Crippen molar-refractivity contribution in [3.05, 3.63) is 0 Å². The predicted octanol–water partition coefficient (Wildman–Crippen LogP) is 1.07. The molecule has 1 saturated carbocycles. The van der Waals surface area contributed by atoms with E-state index in [9.17, 15) is 0 Å². The van der Waals surface area contributed by atoms with Gasteiger partial charge in [0.1, 0.15) is 0 Å². The minimum absolute atomic E-state index is 0.449. The second-order valence-corrected chi connectivity index (χ2v) is 3.99. The summed E-state index contributed by atoms with van der Waals surface area (Å²) in [4.78, 5) is 2.25. The molecule has 1 saturated heterocycles. The number of likely N-dealkylation sites (tertiary alicyclic amines) is 1. The Morgan fingerprint density at radius 3 is 1.91 bits per heavy atom. The minimum atomic E-state index is 0.449. The Balaban J connectivity index is 0.000000128. The van der Waals surface area contributed by atoms with Crippen molar-refractivity contribution >= 4 is 0 Å². The molecule has 1 aliphatic carbocycles. The molecular weight excluding hydrogens is 136 g/mol. The van der Waals surface area contributed by atoms with Gasteiger partial charge >= 0.3 is 0 Å². The van der Waals surface area contributed by atoms with Crippen molar-refractivity contribution in [1.82, 2.24) is 4.90 Å². The summed E-state index contributed by atoms with van der Waals surface area (Å²) in [6.45, 7) is 4.54. The highest BCUT2D eigenvalue weighted by Crippen LogP contribution is 2.26. The van der Waals surface area contributed by atoms with Gasteiger partial charge in [-0.05, 0) is 25.9 Å². The molecule has 0 aromatic rings. The molecule has 2 heteroatoms. The molecule has 11 heavy (non-hydrogen) atoms. The van der Waals surface area contributed by atoms with E-state index in [1.165, 1.54) is 25.8 Å². The molecule has 2 aliphatic rings. The van der Waals surface area contributed by atoms with Crippen molar-refractivity contribution in [1.29, 1.82) is 0 Å². The standard InChI is InChI=1S/C5H12N2.C4H8/c1-7-3-2-5(6)4-7;1-4-2-3-4/h5H,2-4,6H2,1H3;4H,2-3H2,1H3. The fraction of sp³-hybridized carbons (Fsp3) is 1.00. The molecule has 0 radical (unpaired) electrons. The number of rotatable bonds is 0. The number of likely N-dealkylation sites (N-methyl/N-ethyl adjacent to an activating group) is 1. The zero-order valence-electron chi connectivity index (χ0n) is 7.71. The monoisotopic (exact) mass is 156 g/mol. The molecule has 2 fully saturated rings. The first-order valence-electron chi connectivity index (χ1n) is 4.62. The summed E-state index contributed by atoms with van der Waals surface area (Å²) in [5.41, 5.74) is 5.58. The van der Waals surface area contributed by atoms with Crippen LogP contribution >= 0.6 is 0 Å². The van der Waals surface area contributed by atoms with Crippen molar-refractivity contribution < 1.29 is 0 Å². The lowest BCUT2D eigenvalue weighted by Gasteiger charge is -2.03. The second-order valence-electron chi connectivity index (χ2n) is 3.99. The Kier molecular flexibility index (Phi) is 3.34. The smallest absolute Gasteiger partial charge is 0.0179 e. The Morgan fingerprint density at radius 2 is 1.82 bits per heavy atom. The largest absolute Gasteiger partial charge is 0.326 e. The van der Waals surface area contributed by atoms with Crippen molar-refractivity contribution in [2.24, 2.45) is 11.7 Å². The van der Waals surface area contributed by atoms with Crippen LogP contribution < -0.4 is 5.73 Å². The molecule has 0 amide bonds. The van der Waals surface area contributed by atoms with Gasteiger partial charge in [-0.1, -0.05) is 19.8 Å². The number of nitrogens with zero attached hydrogens (tertiary/aromatic N) is 1. The molecule has 1 aliphatic heterocycles. The molecule has 0 aromatic carbocycles. The van der Waals surface area contributed by atoms with Crippen molar-refractivity contribution in [3.63, 3.8) is 0 Å². The van der Waals surface area contributed by atoms with Crippen LogP contribution in [0.25, 0.3) is 0 Å². The van der Waals surface area contributed by atoms with Crippen molar-refractivity contribution in [2.45, 2.75) is 32.2 Å². The van der Waals surface area contributed by atoms with E-state index >= 15 is 0 Å². The van der Waals surface area contributed by atoms with Crippen LogP contribution in [-0.2, 0) is 0 Å². The average Bonchev–Trinajstić information content (AvgIpc) is 2.61. The lowest BCUT2D eigenvalue weighted by molar-refractivity contribution is 0.411. The molecule has 1 atom stereocenters. The van der Waals surface area contributed by atoms with Crippen LogP contribution in [0.4, 0.5) is 0 Å². The van der Waals surface area contributed by atoms with Crippen LogP contribution in [0.1, 0.15) is 26.2 Å². The number of hydrogen-bond acceptors (Lipinski definition) is 2. The third-order valence-electron chi connectivity index (χ3n) is 2.29. The van der Waals surface area contributed by atoms with Crippen LogP contribution in [0.2, 0.25) is 0 Å². The third kappa shape index (κ3) is 4.38. The normalized spacial score (nSPS) is 31.4. The maximum Gasteiger partial charge on any atom is 0.0179 e. The topological polar surface area (TPSA) is 29.3 Å². The fourth-order valence-electron chi connectivity index (χ4n) is 1.14. The minimum Gasteiger partial charge on any atom is -0.326 e. The summed E-state index contributed by atoms with van der Waals surface area (Å²) in [5.74, 6) is 1.08. The Hall–Kier alpha value is -0.0800.